The number of hydrogen-bond acceptors (Lipinski definition) is 6. The molecule has 8 heteroatoms. The van der Waals surface area contributed by atoms with Gasteiger partial charge in [-0.05, 0) is 40.7 Å². The Balaban J connectivity index is 2.79. The van der Waals surface area contributed by atoms with Crippen LogP contribution in [0.3, 0.4) is 0 Å². The van der Waals surface area contributed by atoms with Gasteiger partial charge in [-0.15, -0.1) is 0 Å². The van der Waals surface area contributed by atoms with Crippen LogP contribution in [0.1, 0.15) is 41.5 Å². The number of rotatable bonds is 8. The van der Waals surface area contributed by atoms with E-state index in [2.05, 4.69) is 19.2 Å². The van der Waals surface area contributed by atoms with E-state index in [0.717, 1.165) is 12.3 Å². The van der Waals surface area contributed by atoms with Gasteiger partial charge in [-0.2, -0.15) is 11.8 Å². The van der Waals surface area contributed by atoms with E-state index >= 15 is 0 Å². The maximum absolute atomic E-state index is 12.8. The minimum Gasteiger partial charge on any atom is -0.463 e. The number of esters is 1. The lowest BCUT2D eigenvalue weighted by Gasteiger charge is -2.43. The van der Waals surface area contributed by atoms with Crippen LogP contribution in [0.5, 0.6) is 0 Å². The Morgan fingerprint density at radius 1 is 1.34 bits per heavy atom. The summed E-state index contributed by atoms with van der Waals surface area (Å²) in [6.07, 6.45) is 1.76. The molecule has 2 unspecified atom stereocenters. The fraction of sp³-hybridized carbons (Fsp3) is 0.762. The molecule has 2 atom stereocenters. The van der Waals surface area contributed by atoms with Crippen LogP contribution in [0.15, 0.2) is 11.6 Å². The quantitative estimate of drug-likeness (QED) is 0.471. The highest BCUT2D eigenvalue weighted by Crippen LogP contribution is 2.34. The van der Waals surface area contributed by atoms with Crippen molar-refractivity contribution in [1.29, 1.82) is 0 Å². The Bertz CT molecular complexity index is 633. The van der Waals surface area contributed by atoms with Gasteiger partial charge < -0.3 is 15.0 Å². The van der Waals surface area contributed by atoms with Gasteiger partial charge in [0.1, 0.15) is 6.04 Å². The van der Waals surface area contributed by atoms with Gasteiger partial charge >= 0.3 is 5.97 Å². The number of nitrogens with one attached hydrogen (secondary N) is 1. The topological polar surface area (TPSA) is 79.0 Å². The van der Waals surface area contributed by atoms with E-state index in [-0.39, 0.29) is 47.1 Å². The van der Waals surface area contributed by atoms with E-state index < -0.39 is 0 Å². The standard InChI is InChI=1S/C21H37N3O4S/c1-9-28-20(27)15(4)12-16(14(2)3)24(8)17(25)13-22-19(26)18-21(5,6)29-11-10-23(18)7/h12,14,16,18H,9-11,13H2,1-8H3,(H,22,26). The van der Waals surface area contributed by atoms with Crippen molar-refractivity contribution in [3.8, 4) is 0 Å². The van der Waals surface area contributed by atoms with Crippen molar-refractivity contribution < 1.29 is 19.1 Å². The predicted octanol–water partition coefficient (Wildman–Crippen LogP) is 1.92. The maximum Gasteiger partial charge on any atom is 0.333 e. The second-order valence-corrected chi connectivity index (χ2v) is 10.1. The van der Waals surface area contributed by atoms with Gasteiger partial charge in [0.2, 0.25) is 11.8 Å². The zero-order valence-electron chi connectivity index (χ0n) is 19.1. The molecule has 29 heavy (non-hydrogen) atoms. The van der Waals surface area contributed by atoms with E-state index in [1.54, 1.807) is 43.6 Å². The first-order valence-electron chi connectivity index (χ1n) is 10.2. The van der Waals surface area contributed by atoms with Crippen molar-refractivity contribution in [2.75, 3.05) is 39.5 Å². The summed E-state index contributed by atoms with van der Waals surface area (Å²) in [6.45, 7) is 12.6. The van der Waals surface area contributed by atoms with Crippen molar-refractivity contribution in [3.63, 3.8) is 0 Å². The number of amides is 2. The lowest BCUT2D eigenvalue weighted by molar-refractivity contribution is -0.138. The Labute approximate surface area is 179 Å². The van der Waals surface area contributed by atoms with Crippen LogP contribution in [0, 0.1) is 5.92 Å². The molecular formula is C21H37N3O4S. The predicted molar refractivity (Wildman–Crippen MR) is 118 cm³/mol. The van der Waals surface area contributed by atoms with Crippen molar-refractivity contribution in [2.45, 2.75) is 58.4 Å². The monoisotopic (exact) mass is 427 g/mol. The molecule has 0 aromatic rings. The molecule has 1 fully saturated rings. The molecule has 1 aliphatic rings. The molecule has 1 rings (SSSR count). The summed E-state index contributed by atoms with van der Waals surface area (Å²) in [5.74, 6) is 0.368. The SMILES string of the molecule is CCOC(=O)C(C)=CC(C(C)C)N(C)C(=O)CNC(=O)C1N(C)CCSC1(C)C. The molecule has 1 N–H and O–H groups in total. The number of hydrogen-bond donors (Lipinski definition) is 1. The van der Waals surface area contributed by atoms with Gasteiger partial charge in [0, 0.05) is 29.7 Å². The number of likely N-dealkylation sites (N-methyl/N-ethyl adjacent to an activating group) is 2. The number of nitrogens with zero attached hydrogens (tertiary/aromatic N) is 2. The zero-order valence-corrected chi connectivity index (χ0v) is 19.9. The van der Waals surface area contributed by atoms with Crippen molar-refractivity contribution >= 4 is 29.5 Å². The molecule has 166 valence electrons. The second kappa shape index (κ2) is 11.0. The van der Waals surface area contributed by atoms with Gasteiger partial charge in [-0.1, -0.05) is 19.9 Å². The van der Waals surface area contributed by atoms with E-state index in [0.29, 0.717) is 12.2 Å². The van der Waals surface area contributed by atoms with Crippen molar-refractivity contribution in [2.24, 2.45) is 5.92 Å². The zero-order chi connectivity index (χ0) is 22.4. The lowest BCUT2D eigenvalue weighted by Crippen LogP contribution is -2.59. The smallest absolute Gasteiger partial charge is 0.333 e. The third-order valence-corrected chi connectivity index (χ3v) is 6.58. The molecule has 2 amide bonds. The number of ether oxygens (including phenoxy) is 1. The lowest BCUT2D eigenvalue weighted by atomic mass is 9.99. The summed E-state index contributed by atoms with van der Waals surface area (Å²) in [6, 6.07) is -0.556. The summed E-state index contributed by atoms with van der Waals surface area (Å²) in [4.78, 5) is 41.1. The molecular weight excluding hydrogens is 390 g/mol. The second-order valence-electron chi connectivity index (χ2n) is 8.36. The third kappa shape index (κ3) is 7.03. The fourth-order valence-corrected chi connectivity index (χ4v) is 4.93. The molecule has 0 aromatic heterocycles. The highest BCUT2D eigenvalue weighted by molar-refractivity contribution is 8.00. The molecule has 0 saturated carbocycles. The summed E-state index contributed by atoms with van der Waals surface area (Å²) >= 11 is 1.77. The summed E-state index contributed by atoms with van der Waals surface area (Å²) < 4.78 is 4.81. The molecule has 0 aliphatic carbocycles. The summed E-state index contributed by atoms with van der Waals surface area (Å²) in [5.41, 5.74) is 0.469. The summed E-state index contributed by atoms with van der Waals surface area (Å²) in [7, 11) is 3.64. The van der Waals surface area contributed by atoms with Gasteiger partial charge in [0.15, 0.2) is 0 Å². The van der Waals surface area contributed by atoms with Gasteiger partial charge in [0.25, 0.3) is 0 Å². The number of carbonyl (C=O) groups is 3. The molecule has 0 aromatic carbocycles. The highest BCUT2D eigenvalue weighted by Gasteiger charge is 2.41. The first-order valence-corrected chi connectivity index (χ1v) is 11.1. The molecule has 7 nitrogen and oxygen atoms in total. The van der Waals surface area contributed by atoms with Crippen LogP contribution in [0.2, 0.25) is 0 Å². The van der Waals surface area contributed by atoms with Crippen molar-refractivity contribution in [1.82, 2.24) is 15.1 Å². The maximum atomic E-state index is 12.8. The van der Waals surface area contributed by atoms with Crippen LogP contribution in [0.4, 0.5) is 0 Å². The molecule has 1 aliphatic heterocycles. The Kier molecular flexibility index (Phi) is 9.68. The average Bonchev–Trinajstić information content (AvgIpc) is 2.62. The van der Waals surface area contributed by atoms with Gasteiger partial charge in [0.05, 0.1) is 19.2 Å². The van der Waals surface area contributed by atoms with Crippen LogP contribution in [0.25, 0.3) is 0 Å². The molecule has 1 saturated heterocycles. The molecule has 0 radical (unpaired) electrons. The minimum absolute atomic E-state index is 0.0735. The van der Waals surface area contributed by atoms with Crippen LogP contribution in [-0.2, 0) is 19.1 Å². The number of thioether (sulfide) groups is 1. The first kappa shape index (κ1) is 25.5. The number of carbonyl (C=O) groups excluding carboxylic acids is 3. The first-order chi connectivity index (χ1) is 13.4. The normalized spacial score (nSPS) is 20.9. The van der Waals surface area contributed by atoms with E-state index in [1.807, 2.05) is 25.8 Å². The Hall–Kier alpha value is -1.54. The highest BCUT2D eigenvalue weighted by atomic mass is 32.2. The Morgan fingerprint density at radius 3 is 2.48 bits per heavy atom. The van der Waals surface area contributed by atoms with Gasteiger partial charge in [-0.25, -0.2) is 4.79 Å². The van der Waals surface area contributed by atoms with Crippen LogP contribution < -0.4 is 5.32 Å². The fourth-order valence-electron chi connectivity index (χ4n) is 3.58. The average molecular weight is 428 g/mol. The van der Waals surface area contributed by atoms with E-state index in [9.17, 15) is 14.4 Å². The van der Waals surface area contributed by atoms with Gasteiger partial charge in [-0.3, -0.25) is 14.5 Å². The Morgan fingerprint density at radius 2 is 1.97 bits per heavy atom. The van der Waals surface area contributed by atoms with Crippen LogP contribution in [-0.4, -0.2) is 84.0 Å². The molecule has 1 heterocycles. The van der Waals surface area contributed by atoms with Crippen LogP contribution >= 0.6 is 11.8 Å². The summed E-state index contributed by atoms with van der Waals surface area (Å²) in [5, 5.41) is 2.81. The minimum atomic E-state index is -0.382. The van der Waals surface area contributed by atoms with Crippen molar-refractivity contribution in [3.05, 3.63) is 11.6 Å². The largest absolute Gasteiger partial charge is 0.463 e. The third-order valence-electron chi connectivity index (χ3n) is 5.22. The van der Waals surface area contributed by atoms with E-state index in [1.165, 1.54) is 0 Å². The molecule has 0 spiro atoms. The molecule has 0 bridgehead atoms. The van der Waals surface area contributed by atoms with E-state index in [4.69, 9.17) is 4.74 Å².